The van der Waals surface area contributed by atoms with E-state index >= 15 is 0 Å². The number of piperidine rings is 1. The second kappa shape index (κ2) is 18.2. The number of hydrogen-bond donors (Lipinski definition) is 3. The highest BCUT2D eigenvalue weighted by molar-refractivity contribution is 6.03. The normalized spacial score (nSPS) is 15.4. The predicted molar refractivity (Wildman–Crippen MR) is 215 cm³/mol. The molecule has 0 spiro atoms. The number of rotatable bonds is 18. The van der Waals surface area contributed by atoms with E-state index < -0.39 is 35.7 Å². The summed E-state index contributed by atoms with van der Waals surface area (Å²) >= 11 is 0. The first-order chi connectivity index (χ1) is 29.6. The molecule has 1 saturated heterocycles. The van der Waals surface area contributed by atoms with Crippen molar-refractivity contribution in [1.29, 1.82) is 0 Å². The highest BCUT2D eigenvalue weighted by atomic mass is 19.3. The number of hydrogen-bond acceptors (Lipinski definition) is 11. The van der Waals surface area contributed by atoms with E-state index in [9.17, 15) is 32.8 Å². The Labute approximate surface area is 346 Å². The van der Waals surface area contributed by atoms with E-state index in [2.05, 4.69) is 31.0 Å². The number of imide groups is 1. The monoisotopic (exact) mass is 836 g/mol. The summed E-state index contributed by atoms with van der Waals surface area (Å²) in [7, 11) is 0. The van der Waals surface area contributed by atoms with E-state index in [1.54, 1.807) is 36.5 Å². The lowest BCUT2D eigenvalue weighted by Crippen LogP contribution is -2.43. The van der Waals surface area contributed by atoms with Crippen LogP contribution in [0.5, 0.6) is 0 Å². The molecule has 61 heavy (non-hydrogen) atoms. The number of alkyl halides is 2. The van der Waals surface area contributed by atoms with Crippen LogP contribution in [0.25, 0.3) is 28.2 Å². The second-order valence-corrected chi connectivity index (χ2v) is 15.0. The summed E-state index contributed by atoms with van der Waals surface area (Å²) in [5.41, 5.74) is 3.04. The Kier molecular flexibility index (Phi) is 12.2. The van der Waals surface area contributed by atoms with Gasteiger partial charge in [0.15, 0.2) is 17.0 Å². The number of amides is 4. The van der Waals surface area contributed by atoms with Crippen LogP contribution in [0.15, 0.2) is 86.9 Å². The topological polar surface area (TPSA) is 205 Å². The fourth-order valence-electron chi connectivity index (χ4n) is 7.23. The Morgan fingerprint density at radius 2 is 1.80 bits per heavy atom. The quantitative estimate of drug-likeness (QED) is 0.0665. The first-order valence-corrected chi connectivity index (χ1v) is 20.1. The first kappa shape index (κ1) is 40.9. The molecular formula is C43H42F2N8O8. The third-order valence-electron chi connectivity index (χ3n) is 10.6. The van der Waals surface area contributed by atoms with Crippen molar-refractivity contribution >= 4 is 40.4 Å². The van der Waals surface area contributed by atoms with Crippen molar-refractivity contribution in [1.82, 2.24) is 34.9 Å². The number of fused-ring (bicyclic) bond motifs is 1. The highest BCUT2D eigenvalue weighted by Gasteiger charge is 2.32. The maximum Gasteiger partial charge on any atom is 0.420 e. The minimum absolute atomic E-state index is 0.0925. The molecule has 2 fully saturated rings. The summed E-state index contributed by atoms with van der Waals surface area (Å²) in [6.45, 7) is 1.15. The molecule has 2 aromatic carbocycles. The van der Waals surface area contributed by atoms with Crippen molar-refractivity contribution in [3.8, 4) is 17.1 Å². The van der Waals surface area contributed by atoms with Gasteiger partial charge in [0.2, 0.25) is 17.7 Å². The molecule has 6 aromatic rings. The number of pyridine rings is 1. The van der Waals surface area contributed by atoms with Crippen LogP contribution in [0.1, 0.15) is 95.2 Å². The Bertz CT molecular complexity index is 2630. The average molecular weight is 837 g/mol. The summed E-state index contributed by atoms with van der Waals surface area (Å²) in [6, 6.07) is 14.3. The van der Waals surface area contributed by atoms with E-state index in [1.165, 1.54) is 46.7 Å². The molecule has 316 valence electrons. The summed E-state index contributed by atoms with van der Waals surface area (Å²) in [4.78, 5) is 71.2. The Hall–Kier alpha value is -6.82. The third kappa shape index (κ3) is 9.64. The highest BCUT2D eigenvalue weighted by Crippen LogP contribution is 2.34. The fourth-order valence-corrected chi connectivity index (χ4v) is 7.23. The zero-order valence-corrected chi connectivity index (χ0v) is 32.9. The van der Waals surface area contributed by atoms with Crippen LogP contribution in [-0.2, 0) is 27.2 Å². The zero-order chi connectivity index (χ0) is 42.5. The molecule has 0 radical (unpaired) electrons. The average Bonchev–Trinajstić information content (AvgIpc) is 3.60. The molecule has 1 saturated carbocycles. The summed E-state index contributed by atoms with van der Waals surface area (Å²) in [5.74, 6) is -1.67. The van der Waals surface area contributed by atoms with Crippen molar-refractivity contribution in [3.05, 3.63) is 112 Å². The zero-order valence-electron chi connectivity index (χ0n) is 32.9. The van der Waals surface area contributed by atoms with Crippen LogP contribution in [0.4, 0.5) is 14.5 Å². The van der Waals surface area contributed by atoms with Gasteiger partial charge in [0.25, 0.3) is 18.2 Å². The molecule has 1 aliphatic carbocycles. The summed E-state index contributed by atoms with van der Waals surface area (Å²) < 4.78 is 47.4. The van der Waals surface area contributed by atoms with Crippen LogP contribution < -0.4 is 21.7 Å². The van der Waals surface area contributed by atoms with Gasteiger partial charge in [0, 0.05) is 49.2 Å². The lowest BCUT2D eigenvalue weighted by molar-refractivity contribution is -0.135. The third-order valence-corrected chi connectivity index (χ3v) is 10.6. The summed E-state index contributed by atoms with van der Waals surface area (Å²) in [5, 5.41) is 11.6. The maximum absolute atomic E-state index is 14.0. The van der Waals surface area contributed by atoms with Gasteiger partial charge < -0.3 is 24.2 Å². The predicted octanol–water partition coefficient (Wildman–Crippen LogP) is 6.11. The lowest BCUT2D eigenvalue weighted by atomic mass is 10.0. The van der Waals surface area contributed by atoms with Gasteiger partial charge in [-0.2, -0.15) is 5.10 Å². The molecule has 18 heteroatoms. The van der Waals surface area contributed by atoms with E-state index in [0.717, 1.165) is 30.0 Å². The van der Waals surface area contributed by atoms with Crippen LogP contribution in [-0.4, -0.2) is 67.7 Å². The minimum Gasteiger partial charge on any atom is -0.444 e. The van der Waals surface area contributed by atoms with Gasteiger partial charge in [-0.05, 0) is 92.5 Å². The van der Waals surface area contributed by atoms with E-state index in [4.69, 9.17) is 13.6 Å². The van der Waals surface area contributed by atoms with Crippen LogP contribution in [0.3, 0.4) is 0 Å². The van der Waals surface area contributed by atoms with Gasteiger partial charge >= 0.3 is 5.76 Å². The molecule has 3 N–H and O–H groups in total. The minimum atomic E-state index is -2.99. The van der Waals surface area contributed by atoms with Crippen LogP contribution in [0.2, 0.25) is 0 Å². The van der Waals surface area contributed by atoms with Gasteiger partial charge in [-0.15, -0.1) is 0 Å². The van der Waals surface area contributed by atoms with Gasteiger partial charge in [0.05, 0.1) is 23.1 Å². The maximum atomic E-state index is 14.0. The van der Waals surface area contributed by atoms with Crippen LogP contribution >= 0.6 is 0 Å². The Balaban J connectivity index is 0.783. The number of para-hydroxylation sites is 1. The molecule has 2 aliphatic rings. The van der Waals surface area contributed by atoms with Crippen molar-refractivity contribution in [2.45, 2.75) is 70.3 Å². The van der Waals surface area contributed by atoms with Gasteiger partial charge in [-0.3, -0.25) is 34.0 Å². The van der Waals surface area contributed by atoms with Crippen molar-refractivity contribution in [2.75, 3.05) is 25.1 Å². The van der Waals surface area contributed by atoms with Crippen molar-refractivity contribution in [2.24, 2.45) is 5.92 Å². The molecule has 5 heterocycles. The largest absolute Gasteiger partial charge is 0.444 e. The lowest BCUT2D eigenvalue weighted by Gasteiger charge is -2.21. The number of oxazole rings is 2. The fraction of sp³-hybridized carbons (Fsp3) is 0.349. The van der Waals surface area contributed by atoms with Gasteiger partial charge in [-0.25, -0.2) is 23.2 Å². The standard InChI is InChI=1S/C43H42F2N8O8/c44-38(45)36-31(48-40(56)32-24-60-42(49-32)28-17-19-46-29(22-28)12-9-25-7-8-25)23-52(51-36)30-13-10-27(11-14-30)39(55)47-18-3-21-59-20-2-5-26-4-1-6-33-37(26)61-43(58)53(33)34-15-16-35(54)50-41(34)57/h1,4,6,10-11,13-14,17,19,22-25,34,38H,2-3,5,7-9,12,15-16,18,20-21H2,(H,47,55)(H,48,56)(H,50,54,57). The number of ether oxygens (including phenoxy) is 1. The van der Waals surface area contributed by atoms with Crippen molar-refractivity contribution in [3.63, 3.8) is 0 Å². The molecule has 4 amide bonds. The number of aromatic nitrogens is 5. The van der Waals surface area contributed by atoms with E-state index in [0.29, 0.717) is 66.9 Å². The molecule has 1 atom stereocenters. The van der Waals surface area contributed by atoms with Gasteiger partial charge in [0.1, 0.15) is 12.3 Å². The number of nitrogens with zero attached hydrogens (tertiary/aromatic N) is 5. The number of carbonyl (C=O) groups is 4. The second-order valence-electron chi connectivity index (χ2n) is 15.0. The van der Waals surface area contributed by atoms with E-state index in [-0.39, 0.29) is 41.9 Å². The summed E-state index contributed by atoms with van der Waals surface area (Å²) in [6.07, 6.45) is 7.60. The smallest absolute Gasteiger partial charge is 0.420 e. The number of halogens is 2. The van der Waals surface area contributed by atoms with E-state index in [1.807, 2.05) is 12.1 Å². The number of anilines is 1. The van der Waals surface area contributed by atoms with Crippen molar-refractivity contribution < 1.29 is 41.5 Å². The molecule has 8 rings (SSSR count). The first-order valence-electron chi connectivity index (χ1n) is 20.1. The molecule has 1 unspecified atom stereocenters. The Morgan fingerprint density at radius 3 is 2.59 bits per heavy atom. The molecular weight excluding hydrogens is 795 g/mol. The molecule has 0 bridgehead atoms. The number of benzene rings is 2. The molecule has 1 aliphatic heterocycles. The Morgan fingerprint density at radius 1 is 0.984 bits per heavy atom. The van der Waals surface area contributed by atoms with Crippen LogP contribution in [0, 0.1) is 5.92 Å². The molecule has 16 nitrogen and oxygen atoms in total. The SMILES string of the molecule is O=C1CCC(n2c(=O)oc3c(CCCOCCCNC(=O)c4ccc(-n5cc(NC(=O)c6coc(-c7ccnc(CCC8CC8)c7)n6)c(C(F)F)n5)cc4)cccc32)C(=O)N1. The number of carbonyl (C=O) groups excluding carboxylic acids is 4. The number of aryl methyl sites for hydroxylation is 2. The number of nitrogens with one attached hydrogen (secondary N) is 3. The molecule has 4 aromatic heterocycles. The van der Waals surface area contributed by atoms with Gasteiger partial charge in [-0.1, -0.05) is 25.0 Å².